The number of hydrogen-bond donors (Lipinski definition) is 3. The Kier molecular flexibility index (Phi) is 8.71. The molecule has 158 valence electrons. The first-order valence-corrected chi connectivity index (χ1v) is 9.15. The first-order valence-electron chi connectivity index (χ1n) is 9.15. The fourth-order valence-electron chi connectivity index (χ4n) is 3.29. The zero-order chi connectivity index (χ0) is 20.2. The molecular weight excluding hydrogens is 475 g/mol. The number of carbonyl (C=O) groups excluding carboxylic acids is 3. The van der Waals surface area contributed by atoms with E-state index in [0.29, 0.717) is 25.6 Å². The third-order valence-electron chi connectivity index (χ3n) is 5.09. The van der Waals surface area contributed by atoms with Gasteiger partial charge in [-0.3, -0.25) is 14.9 Å². The summed E-state index contributed by atoms with van der Waals surface area (Å²) in [5.74, 6) is 0.372. The molecule has 0 spiro atoms. The van der Waals surface area contributed by atoms with E-state index in [1.54, 1.807) is 21.0 Å². The monoisotopic (exact) mass is 506 g/mol. The fourth-order valence-corrected chi connectivity index (χ4v) is 3.29. The highest BCUT2D eigenvalue weighted by Gasteiger charge is 2.48. The standard InChI is InChI=1S/C18H30N6O3.HI/c1-12(2)10-19-16(20-11-14(25)23(4)5)24-8-6-13(7-9-24)18(3)15(26)21-17(27)22-18;/h13H,1,6-11H2,2-5H3,(H,19,20)(H2,21,22,26,27);1H. The number of halogens is 1. The largest absolute Gasteiger partial charge is 0.353 e. The predicted molar refractivity (Wildman–Crippen MR) is 119 cm³/mol. The van der Waals surface area contributed by atoms with E-state index < -0.39 is 11.6 Å². The molecule has 0 radical (unpaired) electrons. The van der Waals surface area contributed by atoms with Gasteiger partial charge in [0.25, 0.3) is 5.91 Å². The smallest absolute Gasteiger partial charge is 0.322 e. The fraction of sp³-hybridized carbons (Fsp3) is 0.667. The third-order valence-corrected chi connectivity index (χ3v) is 5.09. The molecule has 1 atom stereocenters. The molecule has 2 aliphatic rings. The minimum Gasteiger partial charge on any atom is -0.353 e. The van der Waals surface area contributed by atoms with Crippen LogP contribution in [0.1, 0.15) is 26.7 Å². The number of piperidine rings is 1. The van der Waals surface area contributed by atoms with Crippen molar-refractivity contribution in [2.24, 2.45) is 10.9 Å². The topological polar surface area (TPSA) is 106 Å². The van der Waals surface area contributed by atoms with E-state index in [4.69, 9.17) is 0 Å². The highest BCUT2D eigenvalue weighted by Crippen LogP contribution is 2.30. The molecule has 2 saturated heterocycles. The molecule has 2 rings (SSSR count). The Labute approximate surface area is 183 Å². The van der Waals surface area contributed by atoms with Gasteiger partial charge in [0, 0.05) is 33.7 Å². The number of hydrogen-bond acceptors (Lipinski definition) is 4. The molecule has 10 heteroatoms. The molecule has 9 nitrogen and oxygen atoms in total. The average molecular weight is 506 g/mol. The lowest BCUT2D eigenvalue weighted by Gasteiger charge is -2.39. The van der Waals surface area contributed by atoms with Crippen LogP contribution in [-0.2, 0) is 9.59 Å². The lowest BCUT2D eigenvalue weighted by Crippen LogP contribution is -2.55. The van der Waals surface area contributed by atoms with Gasteiger partial charge in [-0.05, 0) is 32.6 Å². The van der Waals surface area contributed by atoms with Gasteiger partial charge in [0.1, 0.15) is 12.1 Å². The Morgan fingerprint density at radius 3 is 2.43 bits per heavy atom. The summed E-state index contributed by atoms with van der Waals surface area (Å²) in [5.41, 5.74) is 0.0985. The van der Waals surface area contributed by atoms with Gasteiger partial charge >= 0.3 is 6.03 Å². The van der Waals surface area contributed by atoms with Crippen molar-refractivity contribution in [1.29, 1.82) is 0 Å². The summed E-state index contributed by atoms with van der Waals surface area (Å²) in [5, 5.41) is 8.33. The lowest BCUT2D eigenvalue weighted by atomic mass is 9.79. The SMILES string of the molecule is C=C(C)CNC(=NCC(=O)N(C)C)N1CCC(C2(C)NC(=O)NC2=O)CC1.I. The molecule has 0 aromatic rings. The summed E-state index contributed by atoms with van der Waals surface area (Å²) >= 11 is 0. The van der Waals surface area contributed by atoms with Crippen LogP contribution in [0.15, 0.2) is 17.1 Å². The van der Waals surface area contributed by atoms with Crippen molar-refractivity contribution in [3.05, 3.63) is 12.2 Å². The molecule has 2 aliphatic heterocycles. The molecule has 2 fully saturated rings. The van der Waals surface area contributed by atoms with Crippen molar-refractivity contribution < 1.29 is 14.4 Å². The van der Waals surface area contributed by atoms with Gasteiger partial charge in [-0.25, -0.2) is 9.79 Å². The van der Waals surface area contributed by atoms with Gasteiger partial charge < -0.3 is 20.4 Å². The highest BCUT2D eigenvalue weighted by atomic mass is 127. The van der Waals surface area contributed by atoms with E-state index in [2.05, 4.69) is 32.4 Å². The van der Waals surface area contributed by atoms with Gasteiger partial charge in [-0.2, -0.15) is 0 Å². The van der Waals surface area contributed by atoms with Crippen molar-refractivity contribution in [3.8, 4) is 0 Å². The zero-order valence-electron chi connectivity index (χ0n) is 17.0. The van der Waals surface area contributed by atoms with Gasteiger partial charge in [0.2, 0.25) is 5.91 Å². The van der Waals surface area contributed by atoms with Gasteiger partial charge in [-0.1, -0.05) is 12.2 Å². The van der Waals surface area contributed by atoms with Crippen LogP contribution in [0.3, 0.4) is 0 Å². The van der Waals surface area contributed by atoms with Crippen molar-refractivity contribution in [2.75, 3.05) is 40.3 Å². The zero-order valence-corrected chi connectivity index (χ0v) is 19.3. The number of guanidine groups is 1. The molecule has 0 aliphatic carbocycles. The number of amides is 4. The van der Waals surface area contributed by atoms with Crippen LogP contribution in [0.4, 0.5) is 4.79 Å². The maximum Gasteiger partial charge on any atom is 0.322 e. The summed E-state index contributed by atoms with van der Waals surface area (Å²) in [6.07, 6.45) is 1.47. The summed E-state index contributed by atoms with van der Waals surface area (Å²) in [4.78, 5) is 43.6. The summed E-state index contributed by atoms with van der Waals surface area (Å²) in [6.45, 7) is 9.59. The molecule has 28 heavy (non-hydrogen) atoms. The number of nitrogens with zero attached hydrogens (tertiary/aromatic N) is 3. The Bertz CT molecular complexity index is 658. The number of likely N-dealkylation sites (tertiary alicyclic amines) is 1. The van der Waals surface area contributed by atoms with E-state index in [9.17, 15) is 14.4 Å². The van der Waals surface area contributed by atoms with Gasteiger partial charge in [-0.15, -0.1) is 24.0 Å². The lowest BCUT2D eigenvalue weighted by molar-refractivity contribution is -0.127. The first kappa shape index (κ1) is 24.2. The van der Waals surface area contributed by atoms with E-state index in [1.807, 2.05) is 6.92 Å². The van der Waals surface area contributed by atoms with Gasteiger partial charge in [0.15, 0.2) is 5.96 Å². The number of carbonyl (C=O) groups is 3. The first-order chi connectivity index (χ1) is 12.6. The van der Waals surface area contributed by atoms with Gasteiger partial charge in [0.05, 0.1) is 0 Å². The van der Waals surface area contributed by atoms with Crippen molar-refractivity contribution >= 4 is 47.8 Å². The van der Waals surface area contributed by atoms with Crippen LogP contribution in [0.2, 0.25) is 0 Å². The van der Waals surface area contributed by atoms with Crippen LogP contribution < -0.4 is 16.0 Å². The maximum atomic E-state index is 12.1. The molecule has 2 heterocycles. The van der Waals surface area contributed by atoms with Crippen molar-refractivity contribution in [1.82, 2.24) is 25.8 Å². The van der Waals surface area contributed by atoms with Crippen molar-refractivity contribution in [3.63, 3.8) is 0 Å². The number of nitrogens with one attached hydrogen (secondary N) is 3. The molecule has 0 bridgehead atoms. The number of aliphatic imine (C=N–C) groups is 1. The molecule has 0 aromatic carbocycles. The molecule has 0 aromatic heterocycles. The number of rotatable bonds is 5. The normalized spacial score (nSPS) is 22.9. The van der Waals surface area contributed by atoms with Crippen LogP contribution in [-0.4, -0.2) is 79.4 Å². The third kappa shape index (κ3) is 5.82. The van der Waals surface area contributed by atoms with E-state index in [1.165, 1.54) is 4.90 Å². The maximum absolute atomic E-state index is 12.1. The summed E-state index contributed by atoms with van der Waals surface area (Å²) < 4.78 is 0. The number of likely N-dealkylation sites (N-methyl/N-ethyl adjacent to an activating group) is 1. The number of imide groups is 1. The molecular formula is C18H31IN6O3. The average Bonchev–Trinajstić information content (AvgIpc) is 2.87. The second-order valence-electron chi connectivity index (χ2n) is 7.61. The predicted octanol–water partition coefficient (Wildman–Crippen LogP) is 0.524. The molecule has 1 unspecified atom stereocenters. The molecule has 3 N–H and O–H groups in total. The Hall–Kier alpha value is -1.85. The minimum atomic E-state index is -0.869. The van der Waals surface area contributed by atoms with Crippen molar-refractivity contribution in [2.45, 2.75) is 32.2 Å². The van der Waals surface area contributed by atoms with Crippen LogP contribution in [0.5, 0.6) is 0 Å². The Morgan fingerprint density at radius 2 is 1.96 bits per heavy atom. The van der Waals surface area contributed by atoms with Crippen LogP contribution in [0, 0.1) is 5.92 Å². The second-order valence-corrected chi connectivity index (χ2v) is 7.61. The Morgan fingerprint density at radius 1 is 1.36 bits per heavy atom. The summed E-state index contributed by atoms with van der Waals surface area (Å²) in [7, 11) is 3.40. The minimum absolute atomic E-state index is 0. The van der Waals surface area contributed by atoms with E-state index in [-0.39, 0.29) is 48.3 Å². The molecule has 4 amide bonds. The van der Waals surface area contributed by atoms with E-state index in [0.717, 1.165) is 18.4 Å². The Balaban J connectivity index is 0.00000392. The summed E-state index contributed by atoms with van der Waals surface area (Å²) in [6, 6.07) is -0.433. The highest BCUT2D eigenvalue weighted by molar-refractivity contribution is 14.0. The molecule has 0 saturated carbocycles. The van der Waals surface area contributed by atoms with Crippen LogP contribution >= 0.6 is 24.0 Å². The van der Waals surface area contributed by atoms with Crippen LogP contribution in [0.25, 0.3) is 0 Å². The number of urea groups is 1. The second kappa shape index (κ2) is 10.1. The quantitative estimate of drug-likeness (QED) is 0.166. The van der Waals surface area contributed by atoms with E-state index >= 15 is 0 Å².